The quantitative estimate of drug-likeness (QED) is 0.388. The second kappa shape index (κ2) is 10.3. The minimum Gasteiger partial charge on any atom is -0.481 e. The molecule has 162 valence electrons. The van der Waals surface area contributed by atoms with Gasteiger partial charge in [0.1, 0.15) is 0 Å². The minimum atomic E-state index is -2.53. The zero-order chi connectivity index (χ0) is 21.6. The van der Waals surface area contributed by atoms with Gasteiger partial charge in [0.2, 0.25) is 0 Å². The minimum absolute atomic E-state index is 0.0450. The van der Waals surface area contributed by atoms with E-state index in [-0.39, 0.29) is 11.0 Å². The number of carboxylic acids is 1. The van der Waals surface area contributed by atoms with Gasteiger partial charge in [0.05, 0.1) is 5.92 Å². The number of alkyl halides is 1. The molecule has 0 amide bonds. The van der Waals surface area contributed by atoms with Crippen LogP contribution in [0.3, 0.4) is 0 Å². The van der Waals surface area contributed by atoms with Gasteiger partial charge in [-0.3, -0.25) is 4.79 Å². The van der Waals surface area contributed by atoms with Crippen LogP contribution in [0.5, 0.6) is 0 Å². The first-order valence-electron chi connectivity index (χ1n) is 10.9. The summed E-state index contributed by atoms with van der Waals surface area (Å²) in [7, 11) is -2.53. The molecule has 0 radical (unpaired) electrons. The van der Waals surface area contributed by atoms with Crippen molar-refractivity contribution in [3.05, 3.63) is 60.7 Å². The lowest BCUT2D eigenvalue weighted by Crippen LogP contribution is -2.67. The van der Waals surface area contributed by atoms with Crippen molar-refractivity contribution in [3.8, 4) is 0 Å². The number of benzene rings is 2. The highest BCUT2D eigenvalue weighted by atomic mass is 79.9. The molecule has 1 N–H and O–H groups in total. The predicted octanol–water partition coefficient (Wildman–Crippen LogP) is 5.22. The SMILES string of the molecule is CC(C)(CBr)[Si](OCCC1CCC(C(=O)O)CC1)(c1ccccc1)c1ccccc1. The lowest BCUT2D eigenvalue weighted by molar-refractivity contribution is -0.143. The zero-order valence-corrected chi connectivity index (χ0v) is 20.6. The van der Waals surface area contributed by atoms with Crippen LogP contribution in [0.15, 0.2) is 60.7 Å². The molecular weight excluding hydrogens is 456 g/mol. The third kappa shape index (κ3) is 4.89. The first kappa shape index (κ1) is 23.2. The largest absolute Gasteiger partial charge is 0.481 e. The molecule has 0 unspecified atom stereocenters. The maximum Gasteiger partial charge on any atom is 0.306 e. The fraction of sp³-hybridized carbons (Fsp3) is 0.480. The summed E-state index contributed by atoms with van der Waals surface area (Å²) in [5, 5.41) is 12.7. The third-order valence-electron chi connectivity index (χ3n) is 6.69. The normalized spacial score (nSPS) is 20.1. The Morgan fingerprint density at radius 1 is 1.00 bits per heavy atom. The Morgan fingerprint density at radius 3 is 1.93 bits per heavy atom. The Hall–Kier alpha value is -1.43. The average Bonchev–Trinajstić information content (AvgIpc) is 2.78. The number of carbonyl (C=O) groups is 1. The number of aliphatic carboxylic acids is 1. The smallest absolute Gasteiger partial charge is 0.306 e. The van der Waals surface area contributed by atoms with E-state index >= 15 is 0 Å². The number of carboxylic acid groups (broad SMARTS) is 1. The van der Waals surface area contributed by atoms with Crippen molar-refractivity contribution in [1.82, 2.24) is 0 Å². The second-order valence-electron chi connectivity index (χ2n) is 9.12. The molecule has 1 aliphatic rings. The van der Waals surface area contributed by atoms with Gasteiger partial charge in [-0.1, -0.05) is 90.4 Å². The van der Waals surface area contributed by atoms with Crippen LogP contribution in [-0.2, 0) is 9.22 Å². The molecule has 30 heavy (non-hydrogen) atoms. The summed E-state index contributed by atoms with van der Waals surface area (Å²) in [5.41, 5.74) is 0. The van der Waals surface area contributed by atoms with E-state index in [9.17, 15) is 9.90 Å². The van der Waals surface area contributed by atoms with Gasteiger partial charge in [-0.2, -0.15) is 0 Å². The van der Waals surface area contributed by atoms with Crippen LogP contribution in [0.4, 0.5) is 0 Å². The summed E-state index contributed by atoms with van der Waals surface area (Å²) < 4.78 is 7.03. The van der Waals surface area contributed by atoms with E-state index in [2.05, 4.69) is 90.4 Å². The maximum absolute atomic E-state index is 11.2. The standard InChI is InChI=1S/C25H33BrO3Si/c1-25(2,19-26)30(22-9-5-3-6-10-22,23-11-7-4-8-12-23)29-18-17-20-13-15-21(16-14-20)24(27)28/h3-12,20-21H,13-19H2,1-2H3,(H,27,28). The Morgan fingerprint density at radius 2 is 1.50 bits per heavy atom. The Kier molecular flexibility index (Phi) is 7.94. The van der Waals surface area contributed by atoms with E-state index in [1.807, 2.05) is 0 Å². The molecule has 0 aliphatic heterocycles. The summed E-state index contributed by atoms with van der Waals surface area (Å²) in [6.07, 6.45) is 4.58. The molecule has 0 bridgehead atoms. The van der Waals surface area contributed by atoms with E-state index in [0.717, 1.165) is 44.0 Å². The van der Waals surface area contributed by atoms with Crippen molar-refractivity contribution >= 4 is 40.6 Å². The molecule has 3 nitrogen and oxygen atoms in total. The summed E-state index contributed by atoms with van der Waals surface area (Å²) in [6, 6.07) is 21.5. The molecule has 3 rings (SSSR count). The van der Waals surface area contributed by atoms with E-state index < -0.39 is 14.3 Å². The van der Waals surface area contributed by atoms with Crippen LogP contribution >= 0.6 is 15.9 Å². The van der Waals surface area contributed by atoms with E-state index in [1.54, 1.807) is 0 Å². The fourth-order valence-corrected chi connectivity index (χ4v) is 10.6. The van der Waals surface area contributed by atoms with Gasteiger partial charge in [-0.05, 0) is 48.4 Å². The Labute approximate surface area is 190 Å². The van der Waals surface area contributed by atoms with Gasteiger partial charge in [-0.25, -0.2) is 0 Å². The van der Waals surface area contributed by atoms with Gasteiger partial charge in [0.15, 0.2) is 0 Å². The van der Waals surface area contributed by atoms with Gasteiger partial charge < -0.3 is 9.53 Å². The summed E-state index contributed by atoms with van der Waals surface area (Å²) in [5.74, 6) is -0.231. The van der Waals surface area contributed by atoms with Crippen molar-refractivity contribution in [2.24, 2.45) is 11.8 Å². The average molecular weight is 490 g/mol. The van der Waals surface area contributed by atoms with Gasteiger partial charge in [-0.15, -0.1) is 0 Å². The monoisotopic (exact) mass is 488 g/mol. The van der Waals surface area contributed by atoms with E-state index in [1.165, 1.54) is 10.4 Å². The van der Waals surface area contributed by atoms with Crippen molar-refractivity contribution in [2.45, 2.75) is 51.0 Å². The van der Waals surface area contributed by atoms with Crippen molar-refractivity contribution in [3.63, 3.8) is 0 Å². The molecule has 0 aromatic heterocycles. The first-order chi connectivity index (χ1) is 14.4. The molecule has 0 atom stereocenters. The number of hydrogen-bond donors (Lipinski definition) is 1. The van der Waals surface area contributed by atoms with Gasteiger partial charge in [0, 0.05) is 17.0 Å². The number of hydrogen-bond acceptors (Lipinski definition) is 2. The highest BCUT2D eigenvalue weighted by Gasteiger charge is 2.52. The van der Waals surface area contributed by atoms with Crippen LogP contribution in [-0.4, -0.2) is 31.3 Å². The second-order valence-corrected chi connectivity index (χ2v) is 13.8. The molecule has 1 aliphatic carbocycles. The highest BCUT2D eigenvalue weighted by Crippen LogP contribution is 2.40. The molecule has 2 aromatic carbocycles. The summed E-state index contributed by atoms with van der Waals surface area (Å²) >= 11 is 3.79. The molecular formula is C25H33BrO3Si. The van der Waals surface area contributed by atoms with E-state index in [4.69, 9.17) is 4.43 Å². The summed E-state index contributed by atoms with van der Waals surface area (Å²) in [6.45, 7) is 5.34. The molecule has 5 heteroatoms. The van der Waals surface area contributed by atoms with Crippen molar-refractivity contribution < 1.29 is 14.3 Å². The molecule has 1 fully saturated rings. The van der Waals surface area contributed by atoms with E-state index in [0.29, 0.717) is 5.92 Å². The fourth-order valence-electron chi connectivity index (χ4n) is 4.83. The first-order valence-corrected chi connectivity index (χ1v) is 14.0. The maximum atomic E-state index is 11.2. The Balaban J connectivity index is 1.84. The topological polar surface area (TPSA) is 46.5 Å². The Bertz CT molecular complexity index is 762. The van der Waals surface area contributed by atoms with Crippen LogP contribution in [0.1, 0.15) is 46.0 Å². The van der Waals surface area contributed by atoms with Crippen LogP contribution < -0.4 is 10.4 Å². The lowest BCUT2D eigenvalue weighted by Gasteiger charge is -2.44. The number of rotatable bonds is 9. The molecule has 0 spiro atoms. The molecule has 1 saturated carbocycles. The molecule has 0 saturated heterocycles. The van der Waals surface area contributed by atoms with Gasteiger partial charge >= 0.3 is 5.97 Å². The van der Waals surface area contributed by atoms with Crippen LogP contribution in [0, 0.1) is 11.8 Å². The summed E-state index contributed by atoms with van der Waals surface area (Å²) in [4.78, 5) is 11.2. The van der Waals surface area contributed by atoms with Gasteiger partial charge in [0.25, 0.3) is 8.32 Å². The molecule has 2 aromatic rings. The number of halogens is 1. The lowest BCUT2D eigenvalue weighted by atomic mass is 9.81. The zero-order valence-electron chi connectivity index (χ0n) is 18.0. The predicted molar refractivity (Wildman–Crippen MR) is 129 cm³/mol. The van der Waals surface area contributed by atoms with Crippen molar-refractivity contribution in [2.75, 3.05) is 11.9 Å². The third-order valence-corrected chi connectivity index (χ3v) is 13.6. The van der Waals surface area contributed by atoms with Crippen molar-refractivity contribution in [1.29, 1.82) is 0 Å². The molecule has 0 heterocycles. The highest BCUT2D eigenvalue weighted by molar-refractivity contribution is 9.09. The van der Waals surface area contributed by atoms with Crippen LogP contribution in [0.2, 0.25) is 5.04 Å². The van der Waals surface area contributed by atoms with Crippen LogP contribution in [0.25, 0.3) is 0 Å².